The van der Waals surface area contributed by atoms with Crippen LogP contribution in [0.5, 0.6) is 0 Å². The van der Waals surface area contributed by atoms with Crippen molar-refractivity contribution in [3.05, 3.63) is 66.4 Å². The van der Waals surface area contributed by atoms with Gasteiger partial charge in [0.15, 0.2) is 0 Å². The number of carbonyl (C=O) groups is 2. The molecular formula is C35H39N7O3. The Hall–Kier alpha value is -4.73. The van der Waals surface area contributed by atoms with E-state index in [9.17, 15) is 9.59 Å². The van der Waals surface area contributed by atoms with Gasteiger partial charge in [-0.3, -0.25) is 4.79 Å². The molecule has 1 saturated carbocycles. The minimum Gasteiger partial charge on any atom is -0.453 e. The highest BCUT2D eigenvalue weighted by atomic mass is 16.5. The summed E-state index contributed by atoms with van der Waals surface area (Å²) in [4.78, 5) is 48.8. The highest BCUT2D eigenvalue weighted by Gasteiger charge is 2.37. The molecule has 0 unspecified atom stereocenters. The molecule has 0 radical (unpaired) electrons. The molecule has 0 spiro atoms. The van der Waals surface area contributed by atoms with E-state index in [1.807, 2.05) is 31.0 Å². The van der Waals surface area contributed by atoms with E-state index in [0.717, 1.165) is 68.9 Å². The van der Waals surface area contributed by atoms with Gasteiger partial charge in [0.2, 0.25) is 5.91 Å². The Morgan fingerprint density at radius 3 is 2.47 bits per heavy atom. The Morgan fingerprint density at radius 1 is 0.911 bits per heavy atom. The molecule has 10 heteroatoms. The fourth-order valence-electron chi connectivity index (χ4n) is 6.89. The van der Waals surface area contributed by atoms with Gasteiger partial charge in [0.05, 0.1) is 47.3 Å². The lowest BCUT2D eigenvalue weighted by Gasteiger charge is -2.29. The quantitative estimate of drug-likeness (QED) is 0.186. The zero-order valence-electron chi connectivity index (χ0n) is 26.0. The SMILES string of the molecule is COC(=O)N[C@H](C(=O)N1CCC[C@H]1c1nc2ccc(-c3ccc4nc(-c5cnc(C6CCCC6)[nH]5)ccc4c3)cc2[nH]1)C(C)C. The van der Waals surface area contributed by atoms with Crippen LogP contribution in [0.25, 0.3) is 44.5 Å². The number of aromatic nitrogens is 5. The van der Waals surface area contributed by atoms with Gasteiger partial charge in [0, 0.05) is 17.8 Å². The number of likely N-dealkylation sites (tertiary alicyclic amines) is 1. The zero-order valence-corrected chi connectivity index (χ0v) is 26.0. The van der Waals surface area contributed by atoms with Crippen molar-refractivity contribution >= 4 is 33.9 Å². The predicted molar refractivity (Wildman–Crippen MR) is 173 cm³/mol. The van der Waals surface area contributed by atoms with Crippen LogP contribution in [-0.4, -0.2) is 61.5 Å². The smallest absolute Gasteiger partial charge is 0.407 e. The standard InChI is InChI=1S/C35H39N7O3/c1-20(2)31(41-35(44)45-3)34(43)42-16-6-9-30(42)33-38-26-14-11-23(18-28(26)39-33)22-10-13-25-24(17-22)12-15-27(37-25)29-19-36-32(40-29)21-7-4-5-8-21/h10-15,17-21,30-31H,4-9,16H2,1-3H3,(H,36,40)(H,38,39)(H,41,44)/t30-,31-/m0/s1. The average Bonchev–Trinajstić information content (AvgIpc) is 3.88. The number of nitrogens with one attached hydrogen (secondary N) is 3. The van der Waals surface area contributed by atoms with Crippen LogP contribution in [0.2, 0.25) is 0 Å². The van der Waals surface area contributed by atoms with Crippen molar-refractivity contribution in [3.63, 3.8) is 0 Å². The van der Waals surface area contributed by atoms with Gasteiger partial charge < -0.3 is 24.9 Å². The number of hydrogen-bond acceptors (Lipinski definition) is 6. The van der Waals surface area contributed by atoms with E-state index in [-0.39, 0.29) is 17.9 Å². The van der Waals surface area contributed by atoms with Gasteiger partial charge in [-0.2, -0.15) is 0 Å². The summed E-state index contributed by atoms with van der Waals surface area (Å²) in [7, 11) is 1.30. The van der Waals surface area contributed by atoms with Crippen molar-refractivity contribution in [2.45, 2.75) is 70.4 Å². The Labute approximate surface area is 262 Å². The first-order valence-electron chi connectivity index (χ1n) is 16.0. The van der Waals surface area contributed by atoms with Crippen LogP contribution in [0.3, 0.4) is 0 Å². The molecule has 10 nitrogen and oxygen atoms in total. The Bertz CT molecular complexity index is 1870. The minimum atomic E-state index is -0.665. The number of carbonyl (C=O) groups excluding carboxylic acids is 2. The summed E-state index contributed by atoms with van der Waals surface area (Å²) in [6, 6.07) is 15.9. The third kappa shape index (κ3) is 5.65. The summed E-state index contributed by atoms with van der Waals surface area (Å²) in [6.45, 7) is 4.45. The van der Waals surface area contributed by atoms with E-state index >= 15 is 0 Å². The normalized spacial score (nSPS) is 17.9. The first kappa shape index (κ1) is 29.0. The number of alkyl carbamates (subject to hydrolysis) is 1. The first-order valence-corrected chi connectivity index (χ1v) is 16.0. The molecule has 0 bridgehead atoms. The van der Waals surface area contributed by atoms with E-state index in [0.29, 0.717) is 12.5 Å². The lowest BCUT2D eigenvalue weighted by atomic mass is 10.0. The molecule has 2 fully saturated rings. The number of imidazole rings is 2. The molecule has 4 heterocycles. The van der Waals surface area contributed by atoms with Crippen molar-refractivity contribution in [1.82, 2.24) is 35.1 Å². The number of ether oxygens (including phenoxy) is 1. The Kier molecular flexibility index (Phi) is 7.73. The molecule has 3 aromatic heterocycles. The zero-order chi connectivity index (χ0) is 31.1. The molecule has 1 aliphatic carbocycles. The van der Waals surface area contributed by atoms with Gasteiger partial charge in [0.25, 0.3) is 0 Å². The number of rotatable bonds is 7. The van der Waals surface area contributed by atoms with Crippen LogP contribution in [0, 0.1) is 5.92 Å². The molecule has 1 saturated heterocycles. The number of pyridine rings is 1. The van der Waals surface area contributed by atoms with Crippen molar-refractivity contribution in [1.29, 1.82) is 0 Å². The van der Waals surface area contributed by atoms with Crippen molar-refractivity contribution in [3.8, 4) is 22.5 Å². The van der Waals surface area contributed by atoms with Crippen molar-refractivity contribution < 1.29 is 14.3 Å². The lowest BCUT2D eigenvalue weighted by Crippen LogP contribution is -2.51. The number of benzene rings is 2. The molecule has 7 rings (SSSR count). The molecule has 2 aliphatic rings. The molecule has 2 atom stereocenters. The topological polar surface area (TPSA) is 129 Å². The van der Waals surface area contributed by atoms with Crippen LogP contribution in [0.4, 0.5) is 4.79 Å². The first-order chi connectivity index (χ1) is 21.9. The largest absolute Gasteiger partial charge is 0.453 e. The fourth-order valence-corrected chi connectivity index (χ4v) is 6.89. The van der Waals surface area contributed by atoms with Crippen molar-refractivity contribution in [2.75, 3.05) is 13.7 Å². The molecule has 2 amide bonds. The second-order valence-corrected chi connectivity index (χ2v) is 12.7. The van der Waals surface area contributed by atoms with Crippen LogP contribution < -0.4 is 5.32 Å². The van der Waals surface area contributed by atoms with Crippen LogP contribution >= 0.6 is 0 Å². The van der Waals surface area contributed by atoms with Crippen LogP contribution in [-0.2, 0) is 9.53 Å². The van der Waals surface area contributed by atoms with Gasteiger partial charge in [-0.1, -0.05) is 44.9 Å². The molecule has 2 aromatic carbocycles. The Morgan fingerprint density at radius 2 is 1.69 bits per heavy atom. The second kappa shape index (κ2) is 12.0. The molecule has 3 N–H and O–H groups in total. The highest BCUT2D eigenvalue weighted by molar-refractivity contribution is 5.89. The summed E-state index contributed by atoms with van der Waals surface area (Å²) in [6.07, 6.45) is 7.96. The summed E-state index contributed by atoms with van der Waals surface area (Å²) in [5.41, 5.74) is 6.73. The number of methoxy groups -OCH3 is 1. The summed E-state index contributed by atoms with van der Waals surface area (Å²) in [5.74, 6) is 2.18. The number of fused-ring (bicyclic) bond motifs is 2. The van der Waals surface area contributed by atoms with Gasteiger partial charge in [-0.25, -0.2) is 19.7 Å². The highest BCUT2D eigenvalue weighted by Crippen LogP contribution is 2.35. The predicted octanol–water partition coefficient (Wildman–Crippen LogP) is 6.87. The van der Waals surface area contributed by atoms with Gasteiger partial charge >= 0.3 is 6.09 Å². The van der Waals surface area contributed by atoms with Gasteiger partial charge in [-0.15, -0.1) is 0 Å². The number of hydrogen-bond donors (Lipinski definition) is 3. The molecule has 232 valence electrons. The summed E-state index contributed by atoms with van der Waals surface area (Å²) < 4.78 is 4.76. The second-order valence-electron chi connectivity index (χ2n) is 12.7. The van der Waals surface area contributed by atoms with Crippen LogP contribution in [0.15, 0.2) is 54.7 Å². The van der Waals surface area contributed by atoms with Crippen LogP contribution in [0.1, 0.15) is 76.0 Å². The maximum absolute atomic E-state index is 13.5. The van der Waals surface area contributed by atoms with E-state index in [2.05, 4.69) is 62.7 Å². The van der Waals surface area contributed by atoms with Crippen molar-refractivity contribution in [2.24, 2.45) is 5.92 Å². The monoisotopic (exact) mass is 605 g/mol. The maximum atomic E-state index is 13.5. The third-order valence-electron chi connectivity index (χ3n) is 9.38. The van der Waals surface area contributed by atoms with E-state index in [4.69, 9.17) is 14.7 Å². The molecule has 45 heavy (non-hydrogen) atoms. The van der Waals surface area contributed by atoms with Gasteiger partial charge in [0.1, 0.15) is 17.7 Å². The van der Waals surface area contributed by atoms with Gasteiger partial charge in [-0.05, 0) is 73.1 Å². The van der Waals surface area contributed by atoms with E-state index < -0.39 is 12.1 Å². The Balaban J connectivity index is 1.11. The minimum absolute atomic E-state index is 0.0836. The maximum Gasteiger partial charge on any atom is 0.407 e. The average molecular weight is 606 g/mol. The van der Waals surface area contributed by atoms with E-state index in [1.54, 1.807) is 0 Å². The number of H-pyrrole nitrogens is 2. The summed E-state index contributed by atoms with van der Waals surface area (Å²) in [5, 5.41) is 3.78. The molecule has 1 aliphatic heterocycles. The lowest BCUT2D eigenvalue weighted by molar-refractivity contribution is -0.135. The number of aromatic amines is 2. The number of amides is 2. The number of nitrogens with zero attached hydrogens (tertiary/aromatic N) is 4. The summed E-state index contributed by atoms with van der Waals surface area (Å²) >= 11 is 0. The fraction of sp³-hybridized carbons (Fsp3) is 0.400. The molecular weight excluding hydrogens is 566 g/mol. The molecule has 5 aromatic rings. The van der Waals surface area contributed by atoms with E-state index in [1.165, 1.54) is 32.8 Å². The third-order valence-corrected chi connectivity index (χ3v) is 9.38.